The Kier molecular flexibility index (Phi) is 4.21. The van der Waals surface area contributed by atoms with Crippen molar-refractivity contribution in [3.63, 3.8) is 0 Å². The number of quaternary nitrogens is 1. The van der Waals surface area contributed by atoms with Gasteiger partial charge < -0.3 is 11.3 Å². The highest BCUT2D eigenvalue weighted by atomic mass is 16.3. The van der Waals surface area contributed by atoms with Crippen LogP contribution in [0.2, 0.25) is 0 Å². The van der Waals surface area contributed by atoms with E-state index in [9.17, 15) is 5.11 Å². The van der Waals surface area contributed by atoms with Crippen molar-refractivity contribution in [1.82, 2.24) is 6.15 Å². The SMILES string of the molecule is CC(C)(C)C1CCC([O-])CC1.[NH4+]. The summed E-state index contributed by atoms with van der Waals surface area (Å²) in [6.45, 7) is 6.84. The molecule has 1 rings (SSSR count). The second kappa shape index (κ2) is 4.24. The van der Waals surface area contributed by atoms with Crippen molar-refractivity contribution < 1.29 is 5.11 Å². The molecule has 2 heteroatoms. The highest BCUT2D eigenvalue weighted by Crippen LogP contribution is 2.36. The van der Waals surface area contributed by atoms with Crippen LogP contribution in [0.25, 0.3) is 0 Å². The minimum atomic E-state index is -0.256. The predicted molar refractivity (Wildman–Crippen MR) is 51.2 cm³/mol. The summed E-state index contributed by atoms with van der Waals surface area (Å²) in [5.41, 5.74) is 0.417. The molecule has 0 bridgehead atoms. The highest BCUT2D eigenvalue weighted by Gasteiger charge is 2.26. The van der Waals surface area contributed by atoms with E-state index in [0.29, 0.717) is 5.41 Å². The fraction of sp³-hybridized carbons (Fsp3) is 1.00. The van der Waals surface area contributed by atoms with E-state index in [1.54, 1.807) is 0 Å². The Morgan fingerprint density at radius 2 is 1.42 bits per heavy atom. The molecular weight excluding hydrogens is 150 g/mol. The topological polar surface area (TPSA) is 59.6 Å². The summed E-state index contributed by atoms with van der Waals surface area (Å²) in [5.74, 6) is 0.785. The molecular formula is C10H23NO. The standard InChI is InChI=1S/C10H19O.H3N/c1-10(2,3)8-4-6-9(11)7-5-8;/h8-9H,4-7H2,1-3H3;1H3/q-1;/p+1. The van der Waals surface area contributed by atoms with E-state index in [-0.39, 0.29) is 12.3 Å². The molecule has 0 aliphatic heterocycles. The van der Waals surface area contributed by atoms with E-state index in [1.807, 2.05) is 0 Å². The van der Waals surface area contributed by atoms with Gasteiger partial charge in [-0.2, -0.15) is 0 Å². The first-order valence-electron chi connectivity index (χ1n) is 4.66. The minimum absolute atomic E-state index is 0. The third-order valence-electron chi connectivity index (χ3n) is 2.90. The van der Waals surface area contributed by atoms with Gasteiger partial charge in [0.05, 0.1) is 0 Å². The summed E-state index contributed by atoms with van der Waals surface area (Å²) >= 11 is 0. The normalized spacial score (nSPS) is 31.0. The van der Waals surface area contributed by atoms with Crippen molar-refractivity contribution in [3.8, 4) is 0 Å². The largest absolute Gasteiger partial charge is 0.852 e. The Balaban J connectivity index is 0.00000121. The molecule has 74 valence electrons. The van der Waals surface area contributed by atoms with Crippen LogP contribution >= 0.6 is 0 Å². The summed E-state index contributed by atoms with van der Waals surface area (Å²) in [5, 5.41) is 11.0. The average Bonchev–Trinajstić information content (AvgIpc) is 1.86. The van der Waals surface area contributed by atoms with Crippen LogP contribution in [0.1, 0.15) is 46.5 Å². The molecule has 1 fully saturated rings. The quantitative estimate of drug-likeness (QED) is 0.600. The number of hydrogen-bond donors (Lipinski definition) is 1. The van der Waals surface area contributed by atoms with E-state index in [0.717, 1.165) is 31.6 Å². The summed E-state index contributed by atoms with van der Waals surface area (Å²) < 4.78 is 0. The lowest BCUT2D eigenvalue weighted by Gasteiger charge is -2.39. The first-order chi connectivity index (χ1) is 5.00. The van der Waals surface area contributed by atoms with Crippen LogP contribution in [-0.4, -0.2) is 6.10 Å². The molecule has 1 saturated carbocycles. The second-order valence-electron chi connectivity index (χ2n) is 4.84. The Hall–Kier alpha value is -0.0800. The number of rotatable bonds is 0. The van der Waals surface area contributed by atoms with Gasteiger partial charge in [0.15, 0.2) is 0 Å². The van der Waals surface area contributed by atoms with Crippen molar-refractivity contribution in [1.29, 1.82) is 0 Å². The molecule has 1 aliphatic carbocycles. The van der Waals surface area contributed by atoms with Crippen molar-refractivity contribution >= 4 is 0 Å². The van der Waals surface area contributed by atoms with Crippen molar-refractivity contribution in [3.05, 3.63) is 0 Å². The van der Waals surface area contributed by atoms with E-state index < -0.39 is 0 Å². The van der Waals surface area contributed by atoms with Crippen LogP contribution in [0.3, 0.4) is 0 Å². The second-order valence-corrected chi connectivity index (χ2v) is 4.84. The van der Waals surface area contributed by atoms with E-state index in [4.69, 9.17) is 0 Å². The Morgan fingerprint density at radius 3 is 1.75 bits per heavy atom. The Bertz CT molecular complexity index is 120. The van der Waals surface area contributed by atoms with Crippen molar-refractivity contribution in [2.24, 2.45) is 11.3 Å². The zero-order valence-electron chi connectivity index (χ0n) is 8.89. The van der Waals surface area contributed by atoms with Gasteiger partial charge in [0.2, 0.25) is 0 Å². The summed E-state index contributed by atoms with van der Waals surface area (Å²) in [6, 6.07) is 0. The third kappa shape index (κ3) is 3.11. The predicted octanol–water partition coefficient (Wildman–Crippen LogP) is 2.33. The molecule has 4 N–H and O–H groups in total. The fourth-order valence-corrected chi connectivity index (χ4v) is 1.93. The summed E-state index contributed by atoms with van der Waals surface area (Å²) in [7, 11) is 0. The third-order valence-corrected chi connectivity index (χ3v) is 2.90. The Morgan fingerprint density at radius 1 is 1.00 bits per heavy atom. The van der Waals surface area contributed by atoms with Gasteiger partial charge in [0.25, 0.3) is 0 Å². The smallest absolute Gasteiger partial charge is 0.0354 e. The molecule has 0 aromatic carbocycles. The molecule has 0 atom stereocenters. The molecule has 0 radical (unpaired) electrons. The van der Waals surface area contributed by atoms with Crippen molar-refractivity contribution in [2.45, 2.75) is 52.6 Å². The average molecular weight is 173 g/mol. The lowest BCUT2D eigenvalue weighted by molar-refractivity contribution is -0.427. The minimum Gasteiger partial charge on any atom is -0.852 e. The first kappa shape index (κ1) is 11.9. The maximum Gasteiger partial charge on any atom is -0.0354 e. The zero-order chi connectivity index (χ0) is 8.48. The molecule has 0 spiro atoms. The summed E-state index contributed by atoms with van der Waals surface area (Å²) in [4.78, 5) is 0. The highest BCUT2D eigenvalue weighted by molar-refractivity contribution is 4.79. The van der Waals surface area contributed by atoms with E-state index in [2.05, 4.69) is 20.8 Å². The van der Waals surface area contributed by atoms with Gasteiger partial charge in [0, 0.05) is 0 Å². The van der Waals surface area contributed by atoms with Crippen LogP contribution in [-0.2, 0) is 0 Å². The maximum atomic E-state index is 11.0. The van der Waals surface area contributed by atoms with Gasteiger partial charge in [-0.25, -0.2) is 0 Å². The maximum absolute atomic E-state index is 11.0. The molecule has 0 heterocycles. The lowest BCUT2D eigenvalue weighted by Crippen LogP contribution is -2.34. The van der Waals surface area contributed by atoms with Gasteiger partial charge in [-0.15, -0.1) is 6.10 Å². The molecule has 0 amide bonds. The molecule has 12 heavy (non-hydrogen) atoms. The molecule has 1 aliphatic rings. The first-order valence-corrected chi connectivity index (χ1v) is 4.66. The van der Waals surface area contributed by atoms with Crippen LogP contribution in [0.4, 0.5) is 0 Å². The van der Waals surface area contributed by atoms with Crippen LogP contribution < -0.4 is 11.3 Å². The van der Waals surface area contributed by atoms with E-state index in [1.165, 1.54) is 0 Å². The van der Waals surface area contributed by atoms with Gasteiger partial charge in [-0.05, 0) is 11.3 Å². The van der Waals surface area contributed by atoms with Gasteiger partial charge in [-0.1, -0.05) is 46.5 Å². The van der Waals surface area contributed by atoms with Gasteiger partial charge in [0.1, 0.15) is 0 Å². The molecule has 0 unspecified atom stereocenters. The molecule has 0 saturated heterocycles. The monoisotopic (exact) mass is 173 g/mol. The van der Waals surface area contributed by atoms with Crippen LogP contribution in [0, 0.1) is 11.3 Å². The van der Waals surface area contributed by atoms with Crippen molar-refractivity contribution in [2.75, 3.05) is 0 Å². The lowest BCUT2D eigenvalue weighted by atomic mass is 9.72. The van der Waals surface area contributed by atoms with Gasteiger partial charge >= 0.3 is 0 Å². The zero-order valence-corrected chi connectivity index (χ0v) is 8.89. The van der Waals surface area contributed by atoms with Crippen LogP contribution in [0.5, 0.6) is 0 Å². The van der Waals surface area contributed by atoms with Crippen LogP contribution in [0.15, 0.2) is 0 Å². The summed E-state index contributed by atoms with van der Waals surface area (Å²) in [6.07, 6.45) is 3.85. The fourth-order valence-electron chi connectivity index (χ4n) is 1.93. The molecule has 0 aromatic heterocycles. The van der Waals surface area contributed by atoms with Gasteiger partial charge in [-0.3, -0.25) is 0 Å². The number of hydrogen-bond acceptors (Lipinski definition) is 1. The Labute approximate surface area is 75.9 Å². The molecule has 0 aromatic rings. The van der Waals surface area contributed by atoms with E-state index >= 15 is 0 Å². The molecule has 2 nitrogen and oxygen atoms in total.